The molecular formula is C28H37ClN6O4S. The van der Waals surface area contributed by atoms with E-state index >= 15 is 0 Å². The first-order valence-corrected chi connectivity index (χ1v) is 14.7. The number of nitrogens with zero attached hydrogens (tertiary/aromatic N) is 4. The number of aliphatic imine (C=N–C) groups is 1. The molecule has 0 radical (unpaired) electrons. The average Bonchev–Trinajstić information content (AvgIpc) is 3.43. The lowest BCUT2D eigenvalue weighted by molar-refractivity contribution is 0.0139. The molecule has 2 N–H and O–H groups in total. The fourth-order valence-corrected chi connectivity index (χ4v) is 5.77. The van der Waals surface area contributed by atoms with E-state index < -0.39 is 0 Å². The molecule has 0 saturated carbocycles. The molecule has 1 aliphatic heterocycles. The highest BCUT2D eigenvalue weighted by Gasteiger charge is 2.29. The molecule has 3 heterocycles. The van der Waals surface area contributed by atoms with Gasteiger partial charge in [-0.05, 0) is 58.0 Å². The molecule has 0 saturated heterocycles. The molecule has 4 rings (SSSR count). The molecule has 1 amide bonds. The van der Waals surface area contributed by atoms with E-state index in [-0.39, 0.29) is 5.91 Å². The van der Waals surface area contributed by atoms with E-state index in [4.69, 9.17) is 30.8 Å². The van der Waals surface area contributed by atoms with E-state index in [0.717, 1.165) is 58.6 Å². The maximum Gasteiger partial charge on any atom is 0.261 e. The molecule has 0 spiro atoms. The zero-order valence-corrected chi connectivity index (χ0v) is 24.9. The van der Waals surface area contributed by atoms with Gasteiger partial charge in [0.15, 0.2) is 5.82 Å². The number of amides is 1. The van der Waals surface area contributed by atoms with Crippen LogP contribution in [0.25, 0.3) is 5.00 Å². The molecule has 3 aromatic rings. The number of fused-ring (bicyclic) bond motifs is 3. The summed E-state index contributed by atoms with van der Waals surface area (Å²) in [5.41, 5.74) is 3.56. The third kappa shape index (κ3) is 7.74. The van der Waals surface area contributed by atoms with E-state index in [1.807, 2.05) is 49.7 Å². The van der Waals surface area contributed by atoms with Crippen molar-refractivity contribution < 1.29 is 19.0 Å². The number of halogens is 1. The maximum atomic E-state index is 13.2. The molecule has 40 heavy (non-hydrogen) atoms. The molecular weight excluding hydrogens is 552 g/mol. The van der Waals surface area contributed by atoms with Crippen LogP contribution >= 0.6 is 22.9 Å². The number of rotatable bonds is 16. The molecule has 10 nitrogen and oxygen atoms in total. The lowest BCUT2D eigenvalue weighted by Crippen LogP contribution is -2.25. The molecule has 0 aliphatic carbocycles. The third-order valence-corrected chi connectivity index (χ3v) is 7.90. The van der Waals surface area contributed by atoms with Crippen LogP contribution in [-0.2, 0) is 20.8 Å². The fraction of sp³-hybridized carbons (Fsp3) is 0.500. The standard InChI is InChI=1S/C28H37ClN6O4S/c1-19-24-25(21-6-8-22(29)9-7-21)32-18-23-34-33-20(2)35(23)28(24)40-26(19)27(36)31-11-5-13-38-15-17-39-16-14-37-12-4-10-30-3/h6-9,30H,4-5,10-18H2,1-3H3,(H,31,36). The van der Waals surface area contributed by atoms with Crippen molar-refractivity contribution >= 4 is 34.6 Å². The van der Waals surface area contributed by atoms with Gasteiger partial charge in [-0.3, -0.25) is 14.4 Å². The third-order valence-electron chi connectivity index (χ3n) is 6.37. The molecule has 1 aromatic carbocycles. The van der Waals surface area contributed by atoms with E-state index in [1.54, 1.807) is 0 Å². The van der Waals surface area contributed by atoms with Crippen LogP contribution in [0.1, 0.15) is 50.9 Å². The maximum absolute atomic E-state index is 13.2. The van der Waals surface area contributed by atoms with Crippen molar-refractivity contribution in [1.29, 1.82) is 0 Å². The molecule has 0 fully saturated rings. The number of benzene rings is 1. The van der Waals surface area contributed by atoms with Crippen molar-refractivity contribution in [3.05, 3.63) is 62.5 Å². The molecule has 1 aliphatic rings. The number of aromatic nitrogens is 3. The summed E-state index contributed by atoms with van der Waals surface area (Å²) in [7, 11) is 1.93. The largest absolute Gasteiger partial charge is 0.379 e. The molecule has 0 unspecified atom stereocenters. The highest BCUT2D eigenvalue weighted by atomic mass is 35.5. The second-order valence-electron chi connectivity index (χ2n) is 9.31. The van der Waals surface area contributed by atoms with Gasteiger partial charge in [0.05, 0.1) is 37.0 Å². The van der Waals surface area contributed by atoms with E-state index in [9.17, 15) is 4.79 Å². The minimum atomic E-state index is -0.114. The Hall–Kier alpha value is -2.67. The van der Waals surface area contributed by atoms with Gasteiger partial charge in [-0.1, -0.05) is 23.7 Å². The van der Waals surface area contributed by atoms with Crippen molar-refractivity contribution in [2.45, 2.75) is 33.2 Å². The fourth-order valence-electron chi connectivity index (χ4n) is 4.35. The highest BCUT2D eigenvalue weighted by Crippen LogP contribution is 2.36. The number of thiophene rings is 1. The van der Waals surface area contributed by atoms with Gasteiger partial charge in [-0.25, -0.2) is 0 Å². The van der Waals surface area contributed by atoms with E-state index in [2.05, 4.69) is 20.8 Å². The van der Waals surface area contributed by atoms with Crippen molar-refractivity contribution in [2.24, 2.45) is 4.99 Å². The number of ether oxygens (including phenoxy) is 3. The lowest BCUT2D eigenvalue weighted by Gasteiger charge is -2.09. The van der Waals surface area contributed by atoms with Crippen molar-refractivity contribution in [3.63, 3.8) is 0 Å². The first kappa shape index (κ1) is 30.3. The number of aryl methyl sites for hydroxylation is 1. The Kier molecular flexibility index (Phi) is 11.6. The van der Waals surface area contributed by atoms with Crippen LogP contribution in [0.5, 0.6) is 0 Å². The molecule has 216 valence electrons. The van der Waals surface area contributed by atoms with Crippen LogP contribution in [0.4, 0.5) is 0 Å². The van der Waals surface area contributed by atoms with E-state index in [1.165, 1.54) is 11.3 Å². The van der Waals surface area contributed by atoms with Crippen LogP contribution < -0.4 is 10.6 Å². The van der Waals surface area contributed by atoms with Gasteiger partial charge in [0.2, 0.25) is 0 Å². The van der Waals surface area contributed by atoms with Gasteiger partial charge in [0, 0.05) is 35.9 Å². The second kappa shape index (κ2) is 15.4. The Bertz CT molecular complexity index is 1290. The number of hydrogen-bond donors (Lipinski definition) is 2. The highest BCUT2D eigenvalue weighted by molar-refractivity contribution is 7.17. The number of nitrogens with one attached hydrogen (secondary N) is 2. The molecule has 0 bridgehead atoms. The first-order chi connectivity index (χ1) is 19.5. The predicted octanol–water partition coefficient (Wildman–Crippen LogP) is 3.73. The van der Waals surface area contributed by atoms with Crippen LogP contribution in [0.2, 0.25) is 5.02 Å². The molecule has 0 atom stereocenters. The summed E-state index contributed by atoms with van der Waals surface area (Å²) in [6.07, 6.45) is 1.70. The topological polar surface area (TPSA) is 112 Å². The SMILES string of the molecule is CNCCCOCCOCCOCCCNC(=O)c1sc2c(c1C)C(c1ccc(Cl)cc1)=NCc1nnc(C)n1-2. The van der Waals surface area contributed by atoms with Crippen molar-refractivity contribution in [3.8, 4) is 5.00 Å². The van der Waals surface area contributed by atoms with Gasteiger partial charge in [0.25, 0.3) is 5.91 Å². The number of hydrogen-bond acceptors (Lipinski definition) is 9. The summed E-state index contributed by atoms with van der Waals surface area (Å²) >= 11 is 7.57. The quantitative estimate of drug-likeness (QED) is 0.245. The number of carbonyl (C=O) groups is 1. The van der Waals surface area contributed by atoms with Crippen molar-refractivity contribution in [2.75, 3.05) is 59.8 Å². The van der Waals surface area contributed by atoms with Crippen LogP contribution in [0.15, 0.2) is 29.3 Å². The summed E-state index contributed by atoms with van der Waals surface area (Å²) in [4.78, 5) is 18.8. The minimum Gasteiger partial charge on any atom is -0.379 e. The Morgan fingerprint density at radius 2 is 1.62 bits per heavy atom. The van der Waals surface area contributed by atoms with Crippen LogP contribution in [0, 0.1) is 13.8 Å². The number of carbonyl (C=O) groups excluding carboxylic acids is 1. The zero-order chi connectivity index (χ0) is 28.3. The van der Waals surface area contributed by atoms with E-state index in [0.29, 0.717) is 62.4 Å². The minimum absolute atomic E-state index is 0.114. The summed E-state index contributed by atoms with van der Waals surface area (Å²) in [6, 6.07) is 7.60. The monoisotopic (exact) mass is 588 g/mol. The summed E-state index contributed by atoms with van der Waals surface area (Å²) in [6.45, 7) is 9.20. The Balaban J connectivity index is 1.29. The van der Waals surface area contributed by atoms with Crippen molar-refractivity contribution in [1.82, 2.24) is 25.4 Å². The smallest absolute Gasteiger partial charge is 0.261 e. The van der Waals surface area contributed by atoms with Gasteiger partial charge in [-0.2, -0.15) is 0 Å². The average molecular weight is 589 g/mol. The Labute approximate surface area is 244 Å². The van der Waals surface area contributed by atoms with Gasteiger partial charge < -0.3 is 24.8 Å². The predicted molar refractivity (Wildman–Crippen MR) is 157 cm³/mol. The summed E-state index contributed by atoms with van der Waals surface area (Å²) in [5.74, 6) is 1.39. The molecule has 12 heteroatoms. The van der Waals surface area contributed by atoms with Gasteiger partial charge >= 0.3 is 0 Å². The van der Waals surface area contributed by atoms with Crippen LogP contribution in [0.3, 0.4) is 0 Å². The summed E-state index contributed by atoms with van der Waals surface area (Å²) < 4.78 is 18.6. The Morgan fingerprint density at radius 3 is 2.30 bits per heavy atom. The van der Waals surface area contributed by atoms with Crippen LogP contribution in [-0.4, -0.2) is 86.2 Å². The van der Waals surface area contributed by atoms with Gasteiger partial charge in [0.1, 0.15) is 17.4 Å². The lowest BCUT2D eigenvalue weighted by atomic mass is 9.99. The summed E-state index contributed by atoms with van der Waals surface area (Å²) in [5, 5.41) is 16.3. The van der Waals surface area contributed by atoms with Gasteiger partial charge in [-0.15, -0.1) is 21.5 Å². The second-order valence-corrected chi connectivity index (χ2v) is 10.7. The Morgan fingerprint density at radius 1 is 0.975 bits per heavy atom. The first-order valence-electron chi connectivity index (χ1n) is 13.5. The normalized spacial score (nSPS) is 12.6. The molecule has 2 aromatic heterocycles. The zero-order valence-electron chi connectivity index (χ0n) is 23.3.